The molecule has 2 aromatic carbocycles. The smallest absolute Gasteiger partial charge is 0.270 e. The van der Waals surface area contributed by atoms with Gasteiger partial charge in [-0.2, -0.15) is 9.41 Å². The number of carbonyl (C=O) groups is 2. The first-order valence-electron chi connectivity index (χ1n) is 10.9. The van der Waals surface area contributed by atoms with Gasteiger partial charge in [-0.15, -0.1) is 0 Å². The maximum atomic E-state index is 13.2. The average molecular weight is 491 g/mol. The summed E-state index contributed by atoms with van der Waals surface area (Å²) in [6.45, 7) is 0.963. The van der Waals surface area contributed by atoms with E-state index in [0.29, 0.717) is 18.5 Å². The zero-order chi connectivity index (χ0) is 24.3. The minimum absolute atomic E-state index is 0.000259. The van der Waals surface area contributed by atoms with Crippen LogP contribution >= 0.6 is 0 Å². The maximum absolute atomic E-state index is 13.2. The van der Waals surface area contributed by atoms with Gasteiger partial charge >= 0.3 is 0 Å². The molecule has 0 bridgehead atoms. The summed E-state index contributed by atoms with van der Waals surface area (Å²) in [5.74, 6) is -1.47. The normalized spacial score (nSPS) is 17.9. The van der Waals surface area contributed by atoms with Crippen molar-refractivity contribution in [1.29, 1.82) is 0 Å². The molecule has 0 radical (unpaired) electrons. The van der Waals surface area contributed by atoms with Gasteiger partial charge in [-0.3, -0.25) is 9.59 Å². The lowest BCUT2D eigenvalue weighted by molar-refractivity contribution is -0.132. The van der Waals surface area contributed by atoms with Crippen molar-refractivity contribution in [2.24, 2.45) is 5.10 Å². The molecule has 0 unspecified atom stereocenters. The van der Waals surface area contributed by atoms with Crippen LogP contribution in [-0.4, -0.2) is 66.3 Å². The van der Waals surface area contributed by atoms with E-state index in [9.17, 15) is 26.8 Å². The summed E-state index contributed by atoms with van der Waals surface area (Å²) in [5, 5.41) is 5.47. The highest BCUT2D eigenvalue weighted by atomic mass is 32.2. The van der Waals surface area contributed by atoms with Crippen LogP contribution in [0.3, 0.4) is 0 Å². The van der Waals surface area contributed by atoms with Crippen LogP contribution in [0.4, 0.5) is 8.78 Å². The van der Waals surface area contributed by atoms with E-state index >= 15 is 0 Å². The first-order chi connectivity index (χ1) is 16.2. The lowest BCUT2D eigenvalue weighted by Crippen LogP contribution is -2.43. The molecule has 0 spiro atoms. The molecular formula is C23H24F2N4O4S. The van der Waals surface area contributed by atoms with Crippen molar-refractivity contribution in [2.45, 2.75) is 30.7 Å². The van der Waals surface area contributed by atoms with E-state index < -0.39 is 15.8 Å². The molecule has 1 saturated heterocycles. The highest BCUT2D eigenvalue weighted by molar-refractivity contribution is 7.89. The predicted molar refractivity (Wildman–Crippen MR) is 120 cm³/mol. The number of carbonyl (C=O) groups excluding carboxylic acids is 2. The van der Waals surface area contributed by atoms with E-state index in [2.05, 4.69) is 5.10 Å². The fourth-order valence-electron chi connectivity index (χ4n) is 3.92. The van der Waals surface area contributed by atoms with E-state index in [-0.39, 0.29) is 67.3 Å². The third-order valence-electron chi connectivity index (χ3n) is 5.79. The lowest BCUT2D eigenvalue weighted by atomic mass is 10.1. The number of sulfonamides is 1. The largest absolute Gasteiger partial charge is 0.336 e. The molecule has 2 heterocycles. The van der Waals surface area contributed by atoms with Gasteiger partial charge in [-0.05, 0) is 48.4 Å². The van der Waals surface area contributed by atoms with E-state index in [4.69, 9.17) is 0 Å². The summed E-state index contributed by atoms with van der Waals surface area (Å²) in [4.78, 5) is 27.0. The second-order valence-electron chi connectivity index (χ2n) is 8.13. The lowest BCUT2D eigenvalue weighted by Gasteiger charge is -2.27. The number of halogens is 2. The monoisotopic (exact) mass is 490 g/mol. The van der Waals surface area contributed by atoms with Crippen molar-refractivity contribution >= 4 is 27.5 Å². The van der Waals surface area contributed by atoms with Gasteiger partial charge in [0.25, 0.3) is 5.91 Å². The molecule has 0 N–H and O–H groups in total. The molecule has 0 aromatic heterocycles. The highest BCUT2D eigenvalue weighted by Gasteiger charge is 2.31. The Bertz CT molecular complexity index is 1200. The summed E-state index contributed by atoms with van der Waals surface area (Å²) >= 11 is 0. The molecule has 2 amide bonds. The summed E-state index contributed by atoms with van der Waals surface area (Å²) < 4.78 is 53.4. The standard InChI is InChI=1S/C23H24F2N4O4S/c24-18-4-2-17(3-5-18)16-29-22(30)11-10-21(26-29)23(31)27-12-1-13-28(15-14-27)34(32,33)20-8-6-19(25)7-9-20/h2-9H,1,10-16H2. The second kappa shape index (κ2) is 9.98. The molecule has 180 valence electrons. The van der Waals surface area contributed by atoms with Crippen molar-refractivity contribution in [3.05, 3.63) is 65.7 Å². The Kier molecular flexibility index (Phi) is 7.03. The summed E-state index contributed by atoms with van der Waals surface area (Å²) in [5.41, 5.74) is 0.917. The number of benzene rings is 2. The molecule has 1 fully saturated rings. The third kappa shape index (κ3) is 5.31. The van der Waals surface area contributed by atoms with Gasteiger partial charge in [0.05, 0.1) is 11.4 Å². The number of rotatable bonds is 5. The molecule has 4 rings (SSSR count). The van der Waals surface area contributed by atoms with Gasteiger partial charge in [-0.25, -0.2) is 22.2 Å². The Morgan fingerprint density at radius 1 is 0.882 bits per heavy atom. The van der Waals surface area contributed by atoms with Gasteiger partial charge < -0.3 is 4.90 Å². The van der Waals surface area contributed by atoms with Crippen LogP contribution in [0.5, 0.6) is 0 Å². The highest BCUT2D eigenvalue weighted by Crippen LogP contribution is 2.20. The van der Waals surface area contributed by atoms with Gasteiger partial charge in [0.2, 0.25) is 15.9 Å². The molecule has 0 aliphatic carbocycles. The maximum Gasteiger partial charge on any atom is 0.270 e. The Labute approximate surface area is 196 Å². The third-order valence-corrected chi connectivity index (χ3v) is 7.70. The molecular weight excluding hydrogens is 466 g/mol. The zero-order valence-corrected chi connectivity index (χ0v) is 19.2. The Balaban J connectivity index is 1.44. The van der Waals surface area contributed by atoms with E-state index in [1.807, 2.05) is 0 Å². The molecule has 8 nitrogen and oxygen atoms in total. The van der Waals surface area contributed by atoms with Crippen LogP contribution in [-0.2, 0) is 26.2 Å². The number of nitrogens with zero attached hydrogens (tertiary/aromatic N) is 4. The Hall–Kier alpha value is -3.18. The molecule has 0 atom stereocenters. The first kappa shape index (κ1) is 24.0. The zero-order valence-electron chi connectivity index (χ0n) is 18.4. The van der Waals surface area contributed by atoms with Gasteiger partial charge in [-0.1, -0.05) is 12.1 Å². The van der Waals surface area contributed by atoms with Crippen molar-refractivity contribution in [2.75, 3.05) is 26.2 Å². The van der Waals surface area contributed by atoms with Gasteiger partial charge in [0, 0.05) is 39.0 Å². The predicted octanol–water partition coefficient (Wildman–Crippen LogP) is 2.37. The van der Waals surface area contributed by atoms with E-state index in [0.717, 1.165) is 12.1 Å². The summed E-state index contributed by atoms with van der Waals surface area (Å²) in [6, 6.07) is 10.3. The molecule has 2 aliphatic heterocycles. The fourth-order valence-corrected chi connectivity index (χ4v) is 5.39. The summed E-state index contributed by atoms with van der Waals surface area (Å²) in [6.07, 6.45) is 0.758. The van der Waals surface area contributed by atoms with Crippen LogP contribution < -0.4 is 0 Å². The van der Waals surface area contributed by atoms with E-state index in [1.165, 1.54) is 33.6 Å². The minimum atomic E-state index is -3.81. The minimum Gasteiger partial charge on any atom is -0.336 e. The molecule has 2 aliphatic rings. The van der Waals surface area contributed by atoms with Gasteiger partial charge in [0.1, 0.15) is 17.3 Å². The topological polar surface area (TPSA) is 90.4 Å². The Morgan fingerprint density at radius 3 is 2.21 bits per heavy atom. The quantitative estimate of drug-likeness (QED) is 0.644. The average Bonchev–Trinajstić information content (AvgIpc) is 3.09. The number of hydrogen-bond acceptors (Lipinski definition) is 5. The van der Waals surface area contributed by atoms with Crippen molar-refractivity contribution in [1.82, 2.24) is 14.2 Å². The van der Waals surface area contributed by atoms with Crippen LogP contribution in [0.15, 0.2) is 58.5 Å². The van der Waals surface area contributed by atoms with Crippen LogP contribution in [0.25, 0.3) is 0 Å². The van der Waals surface area contributed by atoms with Crippen molar-refractivity contribution in [3.63, 3.8) is 0 Å². The van der Waals surface area contributed by atoms with Crippen molar-refractivity contribution < 1.29 is 26.8 Å². The van der Waals surface area contributed by atoms with E-state index in [1.54, 1.807) is 17.0 Å². The molecule has 2 aromatic rings. The molecule has 11 heteroatoms. The van der Waals surface area contributed by atoms with Crippen LogP contribution in [0, 0.1) is 11.6 Å². The Morgan fingerprint density at radius 2 is 1.53 bits per heavy atom. The van der Waals surface area contributed by atoms with Gasteiger partial charge in [0.15, 0.2) is 0 Å². The number of amides is 2. The SMILES string of the molecule is O=C(C1=NN(Cc2ccc(F)cc2)C(=O)CC1)N1CCCN(S(=O)(=O)c2ccc(F)cc2)CC1. The van der Waals surface area contributed by atoms with Crippen LogP contribution in [0.1, 0.15) is 24.8 Å². The van der Waals surface area contributed by atoms with Crippen LogP contribution in [0.2, 0.25) is 0 Å². The number of hydrogen-bond donors (Lipinski definition) is 0. The second-order valence-corrected chi connectivity index (χ2v) is 10.1. The number of hydrazone groups is 1. The molecule has 0 saturated carbocycles. The van der Waals surface area contributed by atoms with Crippen molar-refractivity contribution in [3.8, 4) is 0 Å². The first-order valence-corrected chi connectivity index (χ1v) is 12.4. The molecule has 34 heavy (non-hydrogen) atoms. The summed E-state index contributed by atoms with van der Waals surface area (Å²) in [7, 11) is -3.81. The fraction of sp³-hybridized carbons (Fsp3) is 0.348.